The van der Waals surface area contributed by atoms with E-state index in [1.54, 1.807) is 0 Å². The first-order chi connectivity index (χ1) is 14.5. The molecule has 30 heavy (non-hydrogen) atoms. The van der Waals surface area contributed by atoms with Crippen LogP contribution in [0.1, 0.15) is 57.2 Å². The minimum absolute atomic E-state index is 0.145. The lowest BCUT2D eigenvalue weighted by molar-refractivity contribution is -0.133. The van der Waals surface area contributed by atoms with Gasteiger partial charge in [0.05, 0.1) is 19.2 Å². The standard InChI is InChI=1S/C23H36N6O/c1-6-23(7-2)19(14-20(23)30-8-3)26-22(24-15-18-12-10-9-11-13-18)25-16-21-28-27-17(4)29(21)5/h9-13,19-20H,6-8,14-16H2,1-5H3,(H2,24,25,26). The van der Waals surface area contributed by atoms with Crippen LogP contribution in [0.15, 0.2) is 35.3 Å². The van der Waals surface area contributed by atoms with Crippen molar-refractivity contribution >= 4 is 5.96 Å². The first-order valence-corrected chi connectivity index (χ1v) is 11.1. The van der Waals surface area contributed by atoms with Crippen LogP contribution in [-0.2, 0) is 24.9 Å². The quantitative estimate of drug-likeness (QED) is 0.488. The molecule has 3 rings (SSSR count). The number of benzene rings is 1. The lowest BCUT2D eigenvalue weighted by Gasteiger charge is -2.55. The second kappa shape index (κ2) is 10.1. The Hall–Kier alpha value is -2.41. The topological polar surface area (TPSA) is 76.4 Å². The maximum atomic E-state index is 6.04. The summed E-state index contributed by atoms with van der Waals surface area (Å²) in [4.78, 5) is 4.87. The van der Waals surface area contributed by atoms with Crippen molar-refractivity contribution in [1.29, 1.82) is 0 Å². The predicted octanol–water partition coefficient (Wildman–Crippen LogP) is 3.34. The molecule has 1 aromatic heterocycles. The van der Waals surface area contributed by atoms with Gasteiger partial charge in [-0.1, -0.05) is 44.2 Å². The Morgan fingerprint density at radius 2 is 1.93 bits per heavy atom. The lowest BCUT2D eigenvalue weighted by atomic mass is 9.58. The highest BCUT2D eigenvalue weighted by Crippen LogP contribution is 2.48. The van der Waals surface area contributed by atoms with Crippen LogP contribution in [0, 0.1) is 12.3 Å². The number of nitrogens with one attached hydrogen (secondary N) is 2. The Morgan fingerprint density at radius 1 is 1.20 bits per heavy atom. The summed E-state index contributed by atoms with van der Waals surface area (Å²) < 4.78 is 8.04. The van der Waals surface area contributed by atoms with E-state index < -0.39 is 0 Å². The van der Waals surface area contributed by atoms with Crippen molar-refractivity contribution < 1.29 is 4.74 Å². The molecule has 0 aliphatic heterocycles. The molecule has 2 aromatic rings. The van der Waals surface area contributed by atoms with Gasteiger partial charge in [-0.05, 0) is 38.7 Å². The summed E-state index contributed by atoms with van der Waals surface area (Å²) in [6.07, 6.45) is 3.48. The number of hydrogen-bond donors (Lipinski definition) is 2. The van der Waals surface area contributed by atoms with Gasteiger partial charge in [0.2, 0.25) is 0 Å². The molecule has 1 aliphatic carbocycles. The van der Waals surface area contributed by atoms with Crippen LogP contribution >= 0.6 is 0 Å². The van der Waals surface area contributed by atoms with Gasteiger partial charge in [-0.25, -0.2) is 4.99 Å². The molecule has 0 radical (unpaired) electrons. The van der Waals surface area contributed by atoms with E-state index in [1.807, 2.05) is 36.7 Å². The van der Waals surface area contributed by atoms with E-state index in [0.29, 0.717) is 25.2 Å². The van der Waals surface area contributed by atoms with Crippen LogP contribution < -0.4 is 10.6 Å². The maximum Gasteiger partial charge on any atom is 0.192 e. The van der Waals surface area contributed by atoms with Crippen LogP contribution in [0.25, 0.3) is 0 Å². The normalized spacial score (nSPS) is 20.6. The number of ether oxygens (including phenoxy) is 1. The Labute approximate surface area is 180 Å². The highest BCUT2D eigenvalue weighted by molar-refractivity contribution is 5.80. The summed E-state index contributed by atoms with van der Waals surface area (Å²) in [7, 11) is 1.98. The molecule has 1 aliphatic rings. The average Bonchev–Trinajstić information content (AvgIpc) is 3.08. The molecule has 0 bridgehead atoms. The first kappa shape index (κ1) is 22.3. The molecule has 1 heterocycles. The summed E-state index contributed by atoms with van der Waals surface area (Å²) >= 11 is 0. The number of guanidine groups is 1. The van der Waals surface area contributed by atoms with Crippen LogP contribution in [0.3, 0.4) is 0 Å². The maximum absolute atomic E-state index is 6.04. The second-order valence-corrected chi connectivity index (χ2v) is 8.04. The zero-order valence-electron chi connectivity index (χ0n) is 19.0. The highest BCUT2D eigenvalue weighted by Gasteiger charge is 2.53. The van der Waals surface area contributed by atoms with Gasteiger partial charge in [0.1, 0.15) is 5.82 Å². The molecular formula is C23H36N6O. The minimum Gasteiger partial charge on any atom is -0.378 e. The van der Waals surface area contributed by atoms with Crippen molar-refractivity contribution in [2.75, 3.05) is 6.61 Å². The highest BCUT2D eigenvalue weighted by atomic mass is 16.5. The summed E-state index contributed by atoms with van der Waals surface area (Å²) in [5.74, 6) is 2.60. The van der Waals surface area contributed by atoms with E-state index in [2.05, 4.69) is 53.7 Å². The molecule has 1 saturated carbocycles. The molecule has 7 nitrogen and oxygen atoms in total. The molecule has 2 N–H and O–H groups in total. The van der Waals surface area contributed by atoms with Crippen LogP contribution in [0.2, 0.25) is 0 Å². The van der Waals surface area contributed by atoms with E-state index in [4.69, 9.17) is 9.73 Å². The molecule has 2 unspecified atom stereocenters. The third-order valence-corrected chi connectivity index (χ3v) is 6.64. The van der Waals surface area contributed by atoms with Gasteiger partial charge in [0, 0.05) is 25.1 Å². The number of nitrogens with zero attached hydrogens (tertiary/aromatic N) is 4. The minimum atomic E-state index is 0.145. The summed E-state index contributed by atoms with van der Waals surface area (Å²) in [6.45, 7) is 10.5. The Morgan fingerprint density at radius 3 is 2.53 bits per heavy atom. The van der Waals surface area contributed by atoms with Gasteiger partial charge >= 0.3 is 0 Å². The molecule has 1 aromatic carbocycles. The van der Waals surface area contributed by atoms with Gasteiger partial charge in [-0.3, -0.25) is 0 Å². The Kier molecular flexibility index (Phi) is 7.48. The van der Waals surface area contributed by atoms with Crippen LogP contribution in [0.4, 0.5) is 0 Å². The summed E-state index contributed by atoms with van der Waals surface area (Å²) in [5, 5.41) is 15.6. The molecule has 1 fully saturated rings. The van der Waals surface area contributed by atoms with Gasteiger partial charge < -0.3 is 19.9 Å². The predicted molar refractivity (Wildman–Crippen MR) is 120 cm³/mol. The van der Waals surface area contributed by atoms with Crippen molar-refractivity contribution in [2.24, 2.45) is 17.5 Å². The molecule has 0 saturated heterocycles. The summed E-state index contributed by atoms with van der Waals surface area (Å²) in [6, 6.07) is 10.7. The van der Waals surface area contributed by atoms with Gasteiger partial charge in [0.15, 0.2) is 11.8 Å². The van der Waals surface area contributed by atoms with Gasteiger partial charge in [-0.2, -0.15) is 0 Å². The number of hydrogen-bond acceptors (Lipinski definition) is 4. The van der Waals surface area contributed by atoms with Crippen molar-refractivity contribution in [3.05, 3.63) is 47.5 Å². The van der Waals surface area contributed by atoms with Crippen molar-refractivity contribution in [2.45, 2.75) is 72.2 Å². The SMILES string of the molecule is CCOC1CC(NC(=NCc2ccccc2)NCc2nnc(C)n2C)C1(CC)CC. The molecule has 0 spiro atoms. The van der Waals surface area contributed by atoms with E-state index in [0.717, 1.165) is 43.5 Å². The fourth-order valence-corrected chi connectivity index (χ4v) is 4.42. The second-order valence-electron chi connectivity index (χ2n) is 8.04. The fourth-order valence-electron chi connectivity index (χ4n) is 4.42. The Balaban J connectivity index is 1.74. The largest absolute Gasteiger partial charge is 0.378 e. The molecule has 2 atom stereocenters. The average molecular weight is 413 g/mol. The van der Waals surface area contributed by atoms with E-state index >= 15 is 0 Å². The zero-order valence-corrected chi connectivity index (χ0v) is 19.0. The fraction of sp³-hybridized carbons (Fsp3) is 0.609. The van der Waals surface area contributed by atoms with Crippen molar-refractivity contribution in [3.63, 3.8) is 0 Å². The lowest BCUT2D eigenvalue weighted by Crippen LogP contribution is -2.65. The Bertz CT molecular complexity index is 827. The van der Waals surface area contributed by atoms with E-state index in [-0.39, 0.29) is 5.41 Å². The monoisotopic (exact) mass is 412 g/mol. The molecular weight excluding hydrogens is 376 g/mol. The number of aromatic nitrogens is 3. The third-order valence-electron chi connectivity index (χ3n) is 6.64. The van der Waals surface area contributed by atoms with Gasteiger partial charge in [0.25, 0.3) is 0 Å². The van der Waals surface area contributed by atoms with Crippen molar-refractivity contribution in [3.8, 4) is 0 Å². The summed E-state index contributed by atoms with van der Waals surface area (Å²) in [5.41, 5.74) is 1.33. The number of aryl methyl sites for hydroxylation is 1. The smallest absolute Gasteiger partial charge is 0.192 e. The van der Waals surface area contributed by atoms with Gasteiger partial charge in [-0.15, -0.1) is 10.2 Å². The van der Waals surface area contributed by atoms with Crippen LogP contribution in [-0.4, -0.2) is 39.5 Å². The third kappa shape index (κ3) is 4.67. The molecule has 164 valence electrons. The first-order valence-electron chi connectivity index (χ1n) is 11.1. The zero-order chi connectivity index (χ0) is 21.6. The number of aliphatic imine (C=N–C) groups is 1. The van der Waals surface area contributed by atoms with E-state index in [9.17, 15) is 0 Å². The van der Waals surface area contributed by atoms with Crippen molar-refractivity contribution in [1.82, 2.24) is 25.4 Å². The molecule has 0 amide bonds. The van der Waals surface area contributed by atoms with E-state index in [1.165, 1.54) is 5.56 Å². The van der Waals surface area contributed by atoms with Crippen LogP contribution in [0.5, 0.6) is 0 Å². The number of rotatable bonds is 9. The molecule has 7 heteroatoms.